The van der Waals surface area contributed by atoms with Gasteiger partial charge in [0, 0.05) is 6.20 Å². The van der Waals surface area contributed by atoms with Gasteiger partial charge in [0.2, 0.25) is 0 Å². The Morgan fingerprint density at radius 2 is 2.07 bits per heavy atom. The van der Waals surface area contributed by atoms with Crippen LogP contribution >= 0.6 is 11.6 Å². The fraction of sp³-hybridized carbons (Fsp3) is 0.100. The first-order chi connectivity index (χ1) is 6.68. The van der Waals surface area contributed by atoms with Crippen LogP contribution in [0.25, 0.3) is 5.69 Å². The highest BCUT2D eigenvalue weighted by molar-refractivity contribution is 6.31. The predicted octanol–water partition coefficient (Wildman–Crippen LogP) is 2.54. The average Bonchev–Trinajstić information content (AvgIpc) is 2.48. The molecule has 0 bridgehead atoms. The number of phenolic OH excluding ortho intramolecular Hbond substituents is 1. The fourth-order valence-corrected chi connectivity index (χ4v) is 1.35. The van der Waals surface area contributed by atoms with E-state index in [-0.39, 0.29) is 5.75 Å². The molecule has 2 rings (SSSR count). The van der Waals surface area contributed by atoms with Crippen molar-refractivity contribution in [3.8, 4) is 11.4 Å². The van der Waals surface area contributed by atoms with Crippen LogP contribution in [0.3, 0.4) is 0 Å². The van der Waals surface area contributed by atoms with Gasteiger partial charge in [-0.2, -0.15) is 5.10 Å². The minimum Gasteiger partial charge on any atom is -0.506 e. The van der Waals surface area contributed by atoms with E-state index in [0.717, 1.165) is 5.69 Å². The molecule has 1 heterocycles. The summed E-state index contributed by atoms with van der Waals surface area (Å²) in [7, 11) is 0. The van der Waals surface area contributed by atoms with Crippen molar-refractivity contribution in [1.29, 1.82) is 0 Å². The summed E-state index contributed by atoms with van der Waals surface area (Å²) in [5.41, 5.74) is 1.37. The molecule has 0 aliphatic rings. The van der Waals surface area contributed by atoms with Crippen LogP contribution < -0.4 is 0 Å². The second-order valence-corrected chi connectivity index (χ2v) is 3.40. The number of hydrogen-bond acceptors (Lipinski definition) is 2. The average molecular weight is 209 g/mol. The van der Waals surface area contributed by atoms with Crippen LogP contribution in [0.15, 0.2) is 30.5 Å². The SMILES string of the molecule is Cc1nn(-c2ccccc2O)cc1Cl. The molecule has 0 saturated heterocycles. The van der Waals surface area contributed by atoms with Crippen molar-refractivity contribution in [3.63, 3.8) is 0 Å². The highest BCUT2D eigenvalue weighted by atomic mass is 35.5. The Kier molecular flexibility index (Phi) is 2.17. The molecule has 4 heteroatoms. The van der Waals surface area contributed by atoms with Gasteiger partial charge < -0.3 is 5.11 Å². The summed E-state index contributed by atoms with van der Waals surface area (Å²) in [6.45, 7) is 1.82. The van der Waals surface area contributed by atoms with Gasteiger partial charge in [-0.15, -0.1) is 0 Å². The summed E-state index contributed by atoms with van der Waals surface area (Å²) in [5.74, 6) is 0.187. The number of hydrogen-bond donors (Lipinski definition) is 1. The number of phenols is 1. The van der Waals surface area contributed by atoms with E-state index >= 15 is 0 Å². The molecule has 14 heavy (non-hydrogen) atoms. The number of nitrogens with zero attached hydrogens (tertiary/aromatic N) is 2. The molecule has 0 amide bonds. The Morgan fingerprint density at radius 1 is 1.36 bits per heavy atom. The largest absolute Gasteiger partial charge is 0.506 e. The van der Waals surface area contributed by atoms with Crippen LogP contribution in [0.1, 0.15) is 5.69 Å². The molecule has 1 aromatic heterocycles. The summed E-state index contributed by atoms with van der Waals surface area (Å²) in [4.78, 5) is 0. The molecule has 1 aromatic carbocycles. The molecular weight excluding hydrogens is 200 g/mol. The highest BCUT2D eigenvalue weighted by Gasteiger charge is 2.06. The zero-order valence-electron chi connectivity index (χ0n) is 7.61. The van der Waals surface area contributed by atoms with Crippen molar-refractivity contribution < 1.29 is 5.11 Å². The van der Waals surface area contributed by atoms with Gasteiger partial charge in [-0.25, -0.2) is 4.68 Å². The maximum atomic E-state index is 9.56. The molecule has 2 aromatic rings. The maximum Gasteiger partial charge on any atom is 0.141 e. The van der Waals surface area contributed by atoms with E-state index in [0.29, 0.717) is 10.7 Å². The number of benzene rings is 1. The molecule has 3 nitrogen and oxygen atoms in total. The number of halogens is 1. The molecule has 0 atom stereocenters. The Morgan fingerprint density at radius 3 is 2.64 bits per heavy atom. The molecule has 0 spiro atoms. The molecule has 0 aliphatic carbocycles. The Bertz CT molecular complexity index is 445. The predicted molar refractivity (Wildman–Crippen MR) is 55.0 cm³/mol. The first-order valence-electron chi connectivity index (χ1n) is 4.18. The smallest absolute Gasteiger partial charge is 0.141 e. The highest BCUT2D eigenvalue weighted by Crippen LogP contribution is 2.22. The van der Waals surface area contributed by atoms with Crippen molar-refractivity contribution in [1.82, 2.24) is 9.78 Å². The summed E-state index contributed by atoms with van der Waals surface area (Å²) >= 11 is 5.87. The summed E-state index contributed by atoms with van der Waals surface area (Å²) in [6.07, 6.45) is 1.67. The van der Waals surface area contributed by atoms with E-state index in [4.69, 9.17) is 11.6 Å². The normalized spacial score (nSPS) is 10.4. The van der Waals surface area contributed by atoms with Crippen LogP contribution in [-0.4, -0.2) is 14.9 Å². The zero-order chi connectivity index (χ0) is 10.1. The van der Waals surface area contributed by atoms with Crippen LogP contribution in [0, 0.1) is 6.92 Å². The standard InChI is InChI=1S/C10H9ClN2O/c1-7-8(11)6-13(12-7)9-4-2-3-5-10(9)14/h2-6,14H,1H3. The van der Waals surface area contributed by atoms with E-state index in [1.807, 2.05) is 13.0 Å². The van der Waals surface area contributed by atoms with Gasteiger partial charge in [0.1, 0.15) is 11.4 Å². The second kappa shape index (κ2) is 3.35. The Hall–Kier alpha value is -1.48. The van der Waals surface area contributed by atoms with Gasteiger partial charge in [0.05, 0.1) is 10.7 Å². The number of para-hydroxylation sites is 2. The van der Waals surface area contributed by atoms with Crippen LogP contribution in [0.5, 0.6) is 5.75 Å². The fourth-order valence-electron chi connectivity index (χ4n) is 1.22. The van der Waals surface area contributed by atoms with E-state index < -0.39 is 0 Å². The van der Waals surface area contributed by atoms with E-state index in [9.17, 15) is 5.11 Å². The van der Waals surface area contributed by atoms with Crippen molar-refractivity contribution in [2.45, 2.75) is 6.92 Å². The summed E-state index contributed by atoms with van der Waals surface area (Å²) in [5, 5.41) is 14.3. The lowest BCUT2D eigenvalue weighted by atomic mass is 10.3. The van der Waals surface area contributed by atoms with Crippen molar-refractivity contribution >= 4 is 11.6 Å². The third-order valence-electron chi connectivity index (χ3n) is 1.97. The lowest BCUT2D eigenvalue weighted by Gasteiger charge is -2.02. The van der Waals surface area contributed by atoms with Gasteiger partial charge in [-0.1, -0.05) is 23.7 Å². The van der Waals surface area contributed by atoms with Crippen LogP contribution in [0.4, 0.5) is 0 Å². The van der Waals surface area contributed by atoms with Gasteiger partial charge in [-0.05, 0) is 19.1 Å². The molecule has 1 N–H and O–H groups in total. The number of aromatic hydroxyl groups is 1. The lowest BCUT2D eigenvalue weighted by molar-refractivity contribution is 0.470. The van der Waals surface area contributed by atoms with Crippen molar-refractivity contribution in [2.75, 3.05) is 0 Å². The third kappa shape index (κ3) is 1.46. The number of aryl methyl sites for hydroxylation is 1. The Balaban J connectivity index is 2.55. The number of rotatable bonds is 1. The molecule has 0 radical (unpaired) electrons. The quantitative estimate of drug-likeness (QED) is 0.782. The molecule has 0 fully saturated rings. The number of aromatic nitrogens is 2. The molecule has 0 unspecified atom stereocenters. The van der Waals surface area contributed by atoms with Crippen LogP contribution in [-0.2, 0) is 0 Å². The minimum atomic E-state index is 0.187. The van der Waals surface area contributed by atoms with Gasteiger partial charge in [0.15, 0.2) is 0 Å². The summed E-state index contributed by atoms with van der Waals surface area (Å²) < 4.78 is 1.56. The topological polar surface area (TPSA) is 38.0 Å². The van der Waals surface area contributed by atoms with Gasteiger partial charge >= 0.3 is 0 Å². The van der Waals surface area contributed by atoms with Gasteiger partial charge in [-0.3, -0.25) is 0 Å². The first-order valence-corrected chi connectivity index (χ1v) is 4.56. The first kappa shape index (κ1) is 9.09. The van der Waals surface area contributed by atoms with E-state index in [1.165, 1.54) is 0 Å². The lowest BCUT2D eigenvalue weighted by Crippen LogP contribution is -1.94. The molecule has 0 aliphatic heterocycles. The Labute approximate surface area is 86.6 Å². The van der Waals surface area contributed by atoms with Gasteiger partial charge in [0.25, 0.3) is 0 Å². The summed E-state index contributed by atoms with van der Waals surface area (Å²) in [6, 6.07) is 6.98. The zero-order valence-corrected chi connectivity index (χ0v) is 8.36. The van der Waals surface area contributed by atoms with Crippen LogP contribution in [0.2, 0.25) is 5.02 Å². The third-order valence-corrected chi connectivity index (χ3v) is 2.34. The second-order valence-electron chi connectivity index (χ2n) is 3.00. The maximum absolute atomic E-state index is 9.56. The van der Waals surface area contributed by atoms with Crippen molar-refractivity contribution in [3.05, 3.63) is 41.2 Å². The van der Waals surface area contributed by atoms with E-state index in [2.05, 4.69) is 5.10 Å². The van der Waals surface area contributed by atoms with Crippen molar-refractivity contribution in [2.24, 2.45) is 0 Å². The molecular formula is C10H9ClN2O. The minimum absolute atomic E-state index is 0.187. The van der Waals surface area contributed by atoms with E-state index in [1.54, 1.807) is 29.1 Å². The molecule has 72 valence electrons. The molecule has 0 saturated carbocycles. The monoisotopic (exact) mass is 208 g/mol.